The van der Waals surface area contributed by atoms with Crippen LogP contribution in [0.3, 0.4) is 0 Å². The first-order valence-corrected chi connectivity index (χ1v) is 6.06. The normalized spacial score (nSPS) is 11.6. The van der Waals surface area contributed by atoms with Crippen LogP contribution in [0.2, 0.25) is 5.02 Å². The molecule has 0 bridgehead atoms. The van der Waals surface area contributed by atoms with Crippen molar-refractivity contribution in [3.05, 3.63) is 28.8 Å². The summed E-state index contributed by atoms with van der Waals surface area (Å²) in [6.07, 6.45) is 0.0319. The van der Waals surface area contributed by atoms with E-state index in [0.29, 0.717) is 16.3 Å². The molecule has 19 heavy (non-hydrogen) atoms. The third-order valence-corrected chi connectivity index (χ3v) is 2.92. The first-order valence-electron chi connectivity index (χ1n) is 5.68. The number of hydrogen-bond acceptors (Lipinski definition) is 4. The Hall–Kier alpha value is -1.75. The third kappa shape index (κ3) is 4.13. The van der Waals surface area contributed by atoms with Gasteiger partial charge >= 0.3 is 5.97 Å². The van der Waals surface area contributed by atoms with Crippen molar-refractivity contribution < 1.29 is 19.1 Å². The highest BCUT2D eigenvalue weighted by molar-refractivity contribution is 6.31. The molecule has 0 radical (unpaired) electrons. The number of benzene rings is 1. The SMILES string of the molecule is COC(=O)C(C)NC(=O)Cc1c(Cl)cccc1OC. The van der Waals surface area contributed by atoms with Crippen molar-refractivity contribution in [3.63, 3.8) is 0 Å². The van der Waals surface area contributed by atoms with Gasteiger partial charge in [0.1, 0.15) is 11.8 Å². The lowest BCUT2D eigenvalue weighted by molar-refractivity contribution is -0.144. The lowest BCUT2D eigenvalue weighted by Crippen LogP contribution is -2.40. The van der Waals surface area contributed by atoms with Crippen LogP contribution in [0.25, 0.3) is 0 Å². The Morgan fingerprint density at radius 2 is 2.05 bits per heavy atom. The number of methoxy groups -OCH3 is 2. The van der Waals surface area contributed by atoms with Crippen LogP contribution >= 0.6 is 11.6 Å². The largest absolute Gasteiger partial charge is 0.496 e. The van der Waals surface area contributed by atoms with Crippen LogP contribution in [0.4, 0.5) is 0 Å². The summed E-state index contributed by atoms with van der Waals surface area (Å²) in [7, 11) is 2.77. The fourth-order valence-electron chi connectivity index (χ4n) is 1.59. The van der Waals surface area contributed by atoms with E-state index in [1.807, 2.05) is 0 Å². The van der Waals surface area contributed by atoms with Gasteiger partial charge in [0.2, 0.25) is 5.91 Å². The highest BCUT2D eigenvalue weighted by Gasteiger charge is 2.18. The quantitative estimate of drug-likeness (QED) is 0.834. The summed E-state index contributed by atoms with van der Waals surface area (Å²) < 4.78 is 9.67. The van der Waals surface area contributed by atoms with E-state index in [2.05, 4.69) is 10.1 Å². The van der Waals surface area contributed by atoms with Crippen LogP contribution in [0, 0.1) is 0 Å². The zero-order chi connectivity index (χ0) is 14.4. The zero-order valence-electron chi connectivity index (χ0n) is 11.0. The van der Waals surface area contributed by atoms with Crippen LogP contribution < -0.4 is 10.1 Å². The molecule has 6 heteroatoms. The van der Waals surface area contributed by atoms with Crippen molar-refractivity contribution in [2.45, 2.75) is 19.4 Å². The number of carbonyl (C=O) groups excluding carboxylic acids is 2. The molecule has 0 spiro atoms. The molecule has 1 amide bonds. The van der Waals surface area contributed by atoms with Crippen LogP contribution in [-0.2, 0) is 20.7 Å². The van der Waals surface area contributed by atoms with E-state index in [1.54, 1.807) is 25.1 Å². The van der Waals surface area contributed by atoms with Gasteiger partial charge in [-0.25, -0.2) is 4.79 Å². The van der Waals surface area contributed by atoms with Gasteiger partial charge in [-0.15, -0.1) is 0 Å². The summed E-state index contributed by atoms with van der Waals surface area (Å²) in [6, 6.07) is 4.43. The van der Waals surface area contributed by atoms with Gasteiger partial charge in [-0.1, -0.05) is 17.7 Å². The van der Waals surface area contributed by atoms with Gasteiger partial charge in [0.15, 0.2) is 0 Å². The van der Waals surface area contributed by atoms with Gasteiger partial charge in [-0.2, -0.15) is 0 Å². The Balaban J connectivity index is 2.75. The monoisotopic (exact) mass is 285 g/mol. The molecule has 0 aliphatic rings. The van der Waals surface area contributed by atoms with Crippen LogP contribution in [0.1, 0.15) is 12.5 Å². The molecule has 0 aromatic heterocycles. The van der Waals surface area contributed by atoms with Gasteiger partial charge in [0.25, 0.3) is 0 Å². The fourth-order valence-corrected chi connectivity index (χ4v) is 1.82. The topological polar surface area (TPSA) is 64.6 Å². The zero-order valence-corrected chi connectivity index (χ0v) is 11.8. The molecule has 5 nitrogen and oxygen atoms in total. The average Bonchev–Trinajstić information content (AvgIpc) is 2.39. The lowest BCUT2D eigenvalue weighted by Gasteiger charge is -2.13. The molecule has 0 aliphatic heterocycles. The summed E-state index contributed by atoms with van der Waals surface area (Å²) in [5, 5.41) is 2.97. The van der Waals surface area contributed by atoms with Crippen LogP contribution in [0.15, 0.2) is 18.2 Å². The van der Waals surface area contributed by atoms with E-state index in [1.165, 1.54) is 14.2 Å². The smallest absolute Gasteiger partial charge is 0.328 e. The molecule has 0 saturated carbocycles. The minimum absolute atomic E-state index is 0.0319. The van der Waals surface area contributed by atoms with E-state index in [9.17, 15) is 9.59 Å². The molecule has 0 aliphatic carbocycles. The van der Waals surface area contributed by atoms with Gasteiger partial charge in [-0.3, -0.25) is 4.79 Å². The molecule has 0 heterocycles. The number of carbonyl (C=O) groups is 2. The Morgan fingerprint density at radius 3 is 2.63 bits per heavy atom. The maximum atomic E-state index is 11.8. The van der Waals surface area contributed by atoms with Crippen molar-refractivity contribution in [2.75, 3.05) is 14.2 Å². The molecule has 1 N–H and O–H groups in total. The van der Waals surface area contributed by atoms with Crippen molar-refractivity contribution in [1.82, 2.24) is 5.32 Å². The van der Waals surface area contributed by atoms with Gasteiger partial charge in [0.05, 0.1) is 20.6 Å². The Bertz CT molecular complexity index is 476. The standard InChI is InChI=1S/C13H16ClNO4/c1-8(13(17)19-3)15-12(16)7-9-10(14)5-4-6-11(9)18-2/h4-6,8H,7H2,1-3H3,(H,15,16). The number of hydrogen-bond donors (Lipinski definition) is 1. The number of amides is 1. The molecular weight excluding hydrogens is 270 g/mol. The molecule has 1 aromatic carbocycles. The molecular formula is C13H16ClNO4. The summed E-state index contributed by atoms with van der Waals surface area (Å²) in [5.74, 6) is -0.294. The van der Waals surface area contributed by atoms with Gasteiger partial charge in [0, 0.05) is 10.6 Å². The van der Waals surface area contributed by atoms with Crippen molar-refractivity contribution in [2.24, 2.45) is 0 Å². The number of halogens is 1. The summed E-state index contributed by atoms with van der Waals surface area (Å²) in [4.78, 5) is 23.0. The Morgan fingerprint density at radius 1 is 1.37 bits per heavy atom. The Labute approximate surface area is 116 Å². The lowest BCUT2D eigenvalue weighted by atomic mass is 10.1. The second-order valence-electron chi connectivity index (χ2n) is 3.91. The molecule has 104 valence electrons. The first kappa shape index (κ1) is 15.3. The third-order valence-electron chi connectivity index (χ3n) is 2.57. The average molecular weight is 286 g/mol. The van der Waals surface area contributed by atoms with Crippen molar-refractivity contribution >= 4 is 23.5 Å². The number of ether oxygens (including phenoxy) is 2. The number of nitrogens with one attached hydrogen (secondary N) is 1. The van der Waals surface area contributed by atoms with Crippen LogP contribution in [0.5, 0.6) is 5.75 Å². The predicted octanol–water partition coefficient (Wildman–Crippen LogP) is 1.57. The van der Waals surface area contributed by atoms with Gasteiger partial charge in [-0.05, 0) is 19.1 Å². The summed E-state index contributed by atoms with van der Waals surface area (Å²) in [6.45, 7) is 1.55. The van der Waals surface area contributed by atoms with Gasteiger partial charge < -0.3 is 14.8 Å². The number of esters is 1. The van der Waals surface area contributed by atoms with E-state index < -0.39 is 12.0 Å². The van der Waals surface area contributed by atoms with Crippen LogP contribution in [-0.4, -0.2) is 32.1 Å². The van der Waals surface area contributed by atoms with E-state index in [-0.39, 0.29) is 12.3 Å². The predicted molar refractivity (Wildman–Crippen MR) is 71.3 cm³/mol. The molecule has 0 saturated heterocycles. The summed E-state index contributed by atoms with van der Waals surface area (Å²) >= 11 is 6.03. The van der Waals surface area contributed by atoms with E-state index in [0.717, 1.165) is 0 Å². The fraction of sp³-hybridized carbons (Fsp3) is 0.385. The Kier molecular flexibility index (Phi) is 5.63. The van der Waals surface area contributed by atoms with Crippen molar-refractivity contribution in [3.8, 4) is 5.75 Å². The minimum atomic E-state index is -0.703. The number of rotatable bonds is 5. The molecule has 0 fully saturated rings. The first-order chi connectivity index (χ1) is 8.99. The van der Waals surface area contributed by atoms with E-state index >= 15 is 0 Å². The molecule has 1 aromatic rings. The second kappa shape index (κ2) is 6.99. The maximum absolute atomic E-state index is 11.8. The second-order valence-corrected chi connectivity index (χ2v) is 4.32. The van der Waals surface area contributed by atoms with Crippen molar-refractivity contribution in [1.29, 1.82) is 0 Å². The maximum Gasteiger partial charge on any atom is 0.328 e. The molecule has 1 unspecified atom stereocenters. The molecule has 1 rings (SSSR count). The highest BCUT2D eigenvalue weighted by Crippen LogP contribution is 2.26. The van der Waals surface area contributed by atoms with E-state index in [4.69, 9.17) is 16.3 Å². The highest BCUT2D eigenvalue weighted by atomic mass is 35.5. The minimum Gasteiger partial charge on any atom is -0.496 e. The summed E-state index contributed by atoms with van der Waals surface area (Å²) in [5.41, 5.74) is 0.584. The molecule has 1 atom stereocenters.